The fraction of sp³-hybridized carbons (Fsp3) is 0.667. The molecule has 5 saturated heterocycles. The average Bonchev–Trinajstić information content (AvgIpc) is 2.92. The molecule has 28 heavy (non-hydrogen) atoms. The van der Waals surface area contributed by atoms with Crippen molar-refractivity contribution in [1.29, 1.82) is 0 Å². The zero-order valence-electron chi connectivity index (χ0n) is 16.6. The molecular formula is C21H27NO6. The number of piperidine rings is 1. The number of carbonyl (C=O) groups excluding carboxylic acids is 1. The number of likely N-dealkylation sites (tertiary alicyclic amines) is 1. The molecule has 1 spiro atoms. The van der Waals surface area contributed by atoms with Gasteiger partial charge in [0, 0.05) is 24.9 Å². The van der Waals surface area contributed by atoms with Crippen LogP contribution in [0.25, 0.3) is 0 Å². The highest BCUT2D eigenvalue weighted by Gasteiger charge is 2.70. The van der Waals surface area contributed by atoms with E-state index in [1.165, 1.54) is 5.56 Å². The van der Waals surface area contributed by atoms with Crippen molar-refractivity contribution in [3.05, 3.63) is 29.8 Å². The van der Waals surface area contributed by atoms with Gasteiger partial charge in [-0.1, -0.05) is 19.1 Å². The molecule has 6 unspecified atom stereocenters. The number of hydrogen-bond donors (Lipinski definition) is 0. The van der Waals surface area contributed by atoms with Crippen LogP contribution in [0.1, 0.15) is 38.7 Å². The van der Waals surface area contributed by atoms with E-state index >= 15 is 0 Å². The van der Waals surface area contributed by atoms with Gasteiger partial charge in [0.25, 0.3) is 0 Å². The molecule has 5 heterocycles. The zero-order valence-corrected chi connectivity index (χ0v) is 16.6. The molecule has 0 aromatic heterocycles. The van der Waals surface area contributed by atoms with Gasteiger partial charge < -0.3 is 14.2 Å². The fourth-order valence-electron chi connectivity index (χ4n) is 5.40. The fourth-order valence-corrected chi connectivity index (χ4v) is 5.40. The van der Waals surface area contributed by atoms with Crippen molar-refractivity contribution in [3.63, 3.8) is 0 Å². The maximum absolute atomic E-state index is 12.4. The number of nitrogens with zero attached hydrogens (tertiary/aromatic N) is 1. The highest BCUT2D eigenvalue weighted by Crippen LogP contribution is 2.55. The Morgan fingerprint density at radius 1 is 1.21 bits per heavy atom. The van der Waals surface area contributed by atoms with Gasteiger partial charge in [0.2, 0.25) is 12.1 Å². The molecule has 7 heteroatoms. The predicted molar refractivity (Wildman–Crippen MR) is 98.0 cm³/mol. The van der Waals surface area contributed by atoms with Gasteiger partial charge in [-0.15, -0.1) is 0 Å². The number of esters is 1. The normalized spacial score (nSPS) is 42.5. The third kappa shape index (κ3) is 2.60. The smallest absolute Gasteiger partial charge is 0.311 e. The SMILES string of the molecule is COc1ccc(CN2CCC3C(C)C(=O)OC4OC5(C)CCC2C43OO5)cc1. The van der Waals surface area contributed by atoms with E-state index in [1.54, 1.807) is 7.11 Å². The van der Waals surface area contributed by atoms with Gasteiger partial charge in [-0.25, -0.2) is 9.78 Å². The second kappa shape index (κ2) is 6.42. The summed E-state index contributed by atoms with van der Waals surface area (Å²) in [5, 5.41) is 0. The Morgan fingerprint density at radius 3 is 2.75 bits per heavy atom. The van der Waals surface area contributed by atoms with Crippen LogP contribution in [0.2, 0.25) is 0 Å². The quantitative estimate of drug-likeness (QED) is 0.582. The second-order valence-corrected chi connectivity index (χ2v) is 8.60. The Balaban J connectivity index is 1.49. The van der Waals surface area contributed by atoms with Gasteiger partial charge in [-0.05, 0) is 44.0 Å². The molecule has 5 aliphatic heterocycles. The summed E-state index contributed by atoms with van der Waals surface area (Å²) in [6, 6.07) is 8.20. The number of ether oxygens (including phenoxy) is 3. The molecule has 0 aliphatic carbocycles. The topological polar surface area (TPSA) is 66.5 Å². The van der Waals surface area contributed by atoms with Crippen molar-refractivity contribution in [1.82, 2.24) is 4.90 Å². The van der Waals surface area contributed by atoms with Gasteiger partial charge in [-0.2, -0.15) is 0 Å². The molecule has 0 radical (unpaired) electrons. The van der Waals surface area contributed by atoms with Crippen molar-refractivity contribution < 1.29 is 28.8 Å². The van der Waals surface area contributed by atoms with Crippen molar-refractivity contribution >= 4 is 5.97 Å². The minimum atomic E-state index is -0.884. The van der Waals surface area contributed by atoms with E-state index in [1.807, 2.05) is 26.0 Å². The Kier molecular flexibility index (Phi) is 4.21. The number of carbonyl (C=O) groups is 1. The first-order valence-corrected chi connectivity index (χ1v) is 10.1. The van der Waals surface area contributed by atoms with Crippen LogP contribution in [0.3, 0.4) is 0 Å². The summed E-state index contributed by atoms with van der Waals surface area (Å²) in [5.74, 6) is -0.470. The van der Waals surface area contributed by atoms with Crippen LogP contribution < -0.4 is 4.74 Å². The monoisotopic (exact) mass is 389 g/mol. The summed E-state index contributed by atoms with van der Waals surface area (Å²) in [7, 11) is 1.67. The third-order valence-electron chi connectivity index (χ3n) is 6.97. The second-order valence-electron chi connectivity index (χ2n) is 8.60. The Morgan fingerprint density at radius 2 is 2.00 bits per heavy atom. The molecule has 5 fully saturated rings. The van der Waals surface area contributed by atoms with Crippen molar-refractivity contribution in [2.24, 2.45) is 11.8 Å². The summed E-state index contributed by atoms with van der Waals surface area (Å²) >= 11 is 0. The van der Waals surface area contributed by atoms with E-state index < -0.39 is 17.7 Å². The molecule has 5 aliphatic rings. The third-order valence-corrected chi connectivity index (χ3v) is 6.97. The number of methoxy groups -OCH3 is 1. The summed E-state index contributed by atoms with van der Waals surface area (Å²) < 4.78 is 17.1. The van der Waals surface area contributed by atoms with E-state index in [9.17, 15) is 4.79 Å². The lowest BCUT2D eigenvalue weighted by Gasteiger charge is -2.58. The number of fused-ring (bicyclic) bond motifs is 2. The van der Waals surface area contributed by atoms with Gasteiger partial charge in [-0.3, -0.25) is 9.69 Å². The average molecular weight is 389 g/mol. The zero-order chi connectivity index (χ0) is 19.5. The van der Waals surface area contributed by atoms with Crippen molar-refractivity contribution in [2.75, 3.05) is 13.7 Å². The Hall–Kier alpha value is -1.67. The number of benzene rings is 1. The summed E-state index contributed by atoms with van der Waals surface area (Å²) in [6.45, 7) is 5.47. The summed E-state index contributed by atoms with van der Waals surface area (Å²) in [5.41, 5.74) is 0.425. The molecule has 2 bridgehead atoms. The van der Waals surface area contributed by atoms with Crippen LogP contribution in [-0.4, -0.2) is 48.2 Å². The molecule has 7 nitrogen and oxygen atoms in total. The standard InChI is InChI=1S/C21H27NO6/c1-13-16-9-11-22(12-14-4-6-15(24-3)7-5-14)17-8-10-20(2)26-19(25-18(13)23)21(16,17)28-27-20/h4-7,13,16-17,19H,8-12H2,1-3H3. The lowest BCUT2D eigenvalue weighted by atomic mass is 9.67. The Bertz CT molecular complexity index is 769. The van der Waals surface area contributed by atoms with Crippen LogP contribution in [0.4, 0.5) is 0 Å². The minimum absolute atomic E-state index is 0.0125. The maximum atomic E-state index is 12.4. The lowest BCUT2D eigenvalue weighted by molar-refractivity contribution is -0.557. The van der Waals surface area contributed by atoms with Gasteiger partial charge in [0.1, 0.15) is 5.75 Å². The van der Waals surface area contributed by atoms with E-state index in [0.717, 1.165) is 31.7 Å². The van der Waals surface area contributed by atoms with Crippen LogP contribution in [-0.2, 0) is 30.6 Å². The van der Waals surface area contributed by atoms with Crippen LogP contribution in [0, 0.1) is 11.8 Å². The van der Waals surface area contributed by atoms with Gasteiger partial charge >= 0.3 is 5.97 Å². The molecule has 0 N–H and O–H groups in total. The first-order chi connectivity index (χ1) is 13.4. The largest absolute Gasteiger partial charge is 0.497 e. The van der Waals surface area contributed by atoms with E-state index in [4.69, 9.17) is 24.0 Å². The molecule has 1 aromatic carbocycles. The molecule has 6 atom stereocenters. The van der Waals surface area contributed by atoms with Crippen molar-refractivity contribution in [3.8, 4) is 5.75 Å². The molecule has 6 rings (SSSR count). The first-order valence-electron chi connectivity index (χ1n) is 10.1. The van der Waals surface area contributed by atoms with E-state index in [2.05, 4.69) is 17.0 Å². The highest BCUT2D eigenvalue weighted by molar-refractivity contribution is 5.74. The molecular weight excluding hydrogens is 362 g/mol. The molecule has 0 amide bonds. The van der Waals surface area contributed by atoms with Crippen LogP contribution in [0.15, 0.2) is 24.3 Å². The van der Waals surface area contributed by atoms with Gasteiger partial charge in [0.15, 0.2) is 5.60 Å². The molecule has 152 valence electrons. The molecule has 0 saturated carbocycles. The van der Waals surface area contributed by atoms with Crippen LogP contribution in [0.5, 0.6) is 5.75 Å². The number of rotatable bonds is 3. The summed E-state index contributed by atoms with van der Waals surface area (Å²) in [4.78, 5) is 26.7. The number of hydrogen-bond acceptors (Lipinski definition) is 7. The van der Waals surface area contributed by atoms with Crippen LogP contribution >= 0.6 is 0 Å². The highest BCUT2D eigenvalue weighted by atomic mass is 17.3. The summed E-state index contributed by atoms with van der Waals surface area (Å²) in [6.07, 6.45) is 1.66. The molecule has 1 aromatic rings. The maximum Gasteiger partial charge on any atom is 0.311 e. The van der Waals surface area contributed by atoms with Crippen molar-refractivity contribution in [2.45, 2.75) is 63.4 Å². The van der Waals surface area contributed by atoms with Gasteiger partial charge in [0.05, 0.1) is 13.0 Å². The minimum Gasteiger partial charge on any atom is -0.497 e. The lowest BCUT2D eigenvalue weighted by Crippen LogP contribution is -2.74. The van der Waals surface area contributed by atoms with E-state index in [-0.39, 0.29) is 23.8 Å². The Labute approximate surface area is 164 Å². The predicted octanol–water partition coefficient (Wildman–Crippen LogP) is 2.63. The van der Waals surface area contributed by atoms with E-state index in [0.29, 0.717) is 6.42 Å². The first kappa shape index (κ1) is 18.4.